The van der Waals surface area contributed by atoms with E-state index in [0.717, 1.165) is 33.9 Å². The molecule has 0 spiro atoms. The minimum Gasteiger partial charge on any atom is -0.358 e. The molecule has 0 aliphatic heterocycles. The Morgan fingerprint density at radius 1 is 0.464 bits per heavy atom. The molecule has 0 aromatic heterocycles. The van der Waals surface area contributed by atoms with Gasteiger partial charge in [0.25, 0.3) is 0 Å². The third-order valence-corrected chi connectivity index (χ3v) is 4.63. The van der Waals surface area contributed by atoms with Crippen LogP contribution in [0.25, 0.3) is 10.8 Å². The minimum atomic E-state index is 0. The van der Waals surface area contributed by atoms with Crippen LogP contribution >= 0.6 is 0 Å². The van der Waals surface area contributed by atoms with Gasteiger partial charge in [0.15, 0.2) is 0 Å². The molecule has 1 aliphatic rings. The largest absolute Gasteiger partial charge is 2.00 e. The Morgan fingerprint density at radius 3 is 1.32 bits per heavy atom. The van der Waals surface area contributed by atoms with Crippen molar-refractivity contribution >= 4 is 33.6 Å². The molecule has 0 unspecified atom stereocenters. The van der Waals surface area contributed by atoms with Gasteiger partial charge < -0.3 is 7.43 Å². The average Bonchev–Trinajstić information content (AvgIpc) is 2.99. The van der Waals surface area contributed by atoms with E-state index in [2.05, 4.69) is 36.4 Å². The van der Waals surface area contributed by atoms with E-state index in [9.17, 15) is 0 Å². The van der Waals surface area contributed by atoms with Crippen LogP contribution in [-0.4, -0.2) is 11.4 Å². The van der Waals surface area contributed by atoms with Crippen molar-refractivity contribution in [3.05, 3.63) is 116 Å². The molecule has 0 bridgehead atoms. The second-order valence-corrected chi connectivity index (χ2v) is 6.30. The Balaban J connectivity index is 0.00000112. The Bertz CT molecular complexity index is 1070. The van der Waals surface area contributed by atoms with Crippen molar-refractivity contribution in [3.63, 3.8) is 0 Å². The number of rotatable bonds is 2. The maximum absolute atomic E-state index is 4.96. The van der Waals surface area contributed by atoms with E-state index in [1.165, 1.54) is 10.8 Å². The molecule has 3 heteroatoms. The summed E-state index contributed by atoms with van der Waals surface area (Å²) < 4.78 is 0. The van der Waals surface area contributed by atoms with Crippen molar-refractivity contribution in [1.82, 2.24) is 0 Å². The van der Waals surface area contributed by atoms with Crippen LogP contribution in [0.4, 0.5) is 11.4 Å². The van der Waals surface area contributed by atoms with Crippen molar-refractivity contribution in [2.24, 2.45) is 9.98 Å². The Labute approximate surface area is 175 Å². The van der Waals surface area contributed by atoms with Gasteiger partial charge in [-0.05, 0) is 29.7 Å². The summed E-state index contributed by atoms with van der Waals surface area (Å²) in [7, 11) is 0. The first kappa shape index (κ1) is 19.7. The topological polar surface area (TPSA) is 24.7 Å². The Morgan fingerprint density at radius 2 is 0.893 bits per heavy atom. The summed E-state index contributed by atoms with van der Waals surface area (Å²) in [6, 6.07) is 32.9. The van der Waals surface area contributed by atoms with Gasteiger partial charge >= 0.3 is 16.5 Å². The second kappa shape index (κ2) is 8.33. The third-order valence-electron chi connectivity index (χ3n) is 4.63. The predicted octanol–water partition coefficient (Wildman–Crippen LogP) is 6.54. The van der Waals surface area contributed by atoms with E-state index in [4.69, 9.17) is 9.98 Å². The maximum atomic E-state index is 4.96. The molecular weight excluding hydrogens is 387 g/mol. The van der Waals surface area contributed by atoms with Crippen molar-refractivity contribution in [2.75, 3.05) is 0 Å². The summed E-state index contributed by atoms with van der Waals surface area (Å²) in [5.74, 6) is 0. The number of benzene rings is 4. The first-order valence-corrected chi connectivity index (χ1v) is 8.70. The van der Waals surface area contributed by atoms with Crippen LogP contribution in [-0.2, 0) is 16.5 Å². The molecule has 0 saturated heterocycles. The minimum absolute atomic E-state index is 0. The average molecular weight is 406 g/mol. The first-order chi connectivity index (χ1) is 12.9. The zero-order valence-corrected chi connectivity index (χ0v) is 16.4. The molecule has 0 amide bonds. The van der Waals surface area contributed by atoms with E-state index in [1.807, 2.05) is 60.7 Å². The predicted molar refractivity (Wildman–Crippen MR) is 116 cm³/mol. The van der Waals surface area contributed by atoms with E-state index in [1.54, 1.807) is 0 Å². The number of para-hydroxylation sites is 2. The van der Waals surface area contributed by atoms with Gasteiger partial charge in [0.1, 0.15) is 0 Å². The molecule has 0 fully saturated rings. The summed E-state index contributed by atoms with van der Waals surface area (Å²) in [5.41, 5.74) is 6.05. The summed E-state index contributed by atoms with van der Waals surface area (Å²) in [6.45, 7) is 0. The smallest absolute Gasteiger partial charge is 0.358 e. The van der Waals surface area contributed by atoms with Crippen molar-refractivity contribution < 1.29 is 16.5 Å². The quantitative estimate of drug-likeness (QED) is 0.267. The molecular formula is C25H19N2Ni+. The monoisotopic (exact) mass is 405 g/mol. The summed E-state index contributed by atoms with van der Waals surface area (Å²) in [4.78, 5) is 9.92. The number of hydrogen-bond donors (Lipinski definition) is 0. The van der Waals surface area contributed by atoms with Gasteiger partial charge in [0, 0.05) is 16.5 Å². The number of nitrogens with zero attached hydrogens (tertiary/aromatic N) is 2. The molecule has 0 N–H and O–H groups in total. The molecule has 4 aromatic carbocycles. The van der Waals surface area contributed by atoms with Gasteiger partial charge in [-0.15, -0.1) is 0 Å². The molecule has 28 heavy (non-hydrogen) atoms. The van der Waals surface area contributed by atoms with Crippen LogP contribution in [0.2, 0.25) is 0 Å². The van der Waals surface area contributed by atoms with E-state index in [0.29, 0.717) is 0 Å². The normalized spacial score (nSPS) is 14.7. The fraction of sp³-hybridized carbons (Fsp3) is 0. The summed E-state index contributed by atoms with van der Waals surface area (Å²) >= 11 is 0. The van der Waals surface area contributed by atoms with Crippen LogP contribution < -0.4 is 0 Å². The van der Waals surface area contributed by atoms with Crippen LogP contribution in [0.5, 0.6) is 0 Å². The van der Waals surface area contributed by atoms with Crippen molar-refractivity contribution in [2.45, 2.75) is 0 Å². The molecule has 0 radical (unpaired) electrons. The zero-order valence-electron chi connectivity index (χ0n) is 15.4. The van der Waals surface area contributed by atoms with Crippen molar-refractivity contribution in [3.8, 4) is 0 Å². The van der Waals surface area contributed by atoms with E-state index in [-0.39, 0.29) is 23.9 Å². The van der Waals surface area contributed by atoms with Crippen molar-refractivity contribution in [1.29, 1.82) is 0 Å². The molecule has 138 valence electrons. The van der Waals surface area contributed by atoms with Gasteiger partial charge in [-0.1, -0.05) is 72.8 Å². The Kier molecular flexibility index (Phi) is 5.87. The molecule has 0 saturated carbocycles. The first-order valence-electron chi connectivity index (χ1n) is 8.70. The SMILES string of the molecule is [CH3-].[Ni+2].c1ccc(N=C2C(=Nc3ccccc3)c3cccc4cccc2c34)cc1. The molecule has 0 heterocycles. The third kappa shape index (κ3) is 3.42. The molecule has 5 rings (SSSR count). The number of aliphatic imine (C=N–C) groups is 2. The van der Waals surface area contributed by atoms with Gasteiger partial charge in [-0.25, -0.2) is 9.98 Å². The van der Waals surface area contributed by atoms with Gasteiger partial charge in [-0.2, -0.15) is 0 Å². The molecule has 0 atom stereocenters. The molecule has 2 nitrogen and oxygen atoms in total. The Hall–Kier alpha value is -3.03. The fourth-order valence-electron chi connectivity index (χ4n) is 3.48. The molecule has 1 aliphatic carbocycles. The maximum Gasteiger partial charge on any atom is 2.00 e. The van der Waals surface area contributed by atoms with Gasteiger partial charge in [0.2, 0.25) is 0 Å². The van der Waals surface area contributed by atoms with Gasteiger partial charge in [0.05, 0.1) is 22.8 Å². The van der Waals surface area contributed by atoms with Gasteiger partial charge in [-0.3, -0.25) is 0 Å². The second-order valence-electron chi connectivity index (χ2n) is 6.30. The van der Waals surface area contributed by atoms with Crippen LogP contribution in [0.15, 0.2) is 107 Å². The van der Waals surface area contributed by atoms with Crippen LogP contribution in [0.1, 0.15) is 11.1 Å². The molecule has 4 aromatic rings. The standard InChI is InChI=1S/C24H16N2.CH3.Ni/c1-3-11-18(12-4-1)25-23-20-15-7-9-17-10-8-16-21(22(17)20)24(23)26-19-13-5-2-6-14-19;;/h1-16H;1H3;/q;-1;+2. The fourth-order valence-corrected chi connectivity index (χ4v) is 3.48. The van der Waals surface area contributed by atoms with E-state index >= 15 is 0 Å². The summed E-state index contributed by atoms with van der Waals surface area (Å²) in [5, 5.41) is 2.46. The van der Waals surface area contributed by atoms with E-state index < -0.39 is 0 Å². The van der Waals surface area contributed by atoms with Crippen LogP contribution in [0, 0.1) is 7.43 Å². The number of hydrogen-bond acceptors (Lipinski definition) is 2. The summed E-state index contributed by atoms with van der Waals surface area (Å²) in [6.07, 6.45) is 0. The zero-order chi connectivity index (χ0) is 17.3. The van der Waals surface area contributed by atoms with Crippen LogP contribution in [0.3, 0.4) is 0 Å².